The lowest BCUT2D eigenvalue weighted by molar-refractivity contribution is 0.429. The number of hydrogen-bond acceptors (Lipinski definition) is 3. The highest BCUT2D eigenvalue weighted by molar-refractivity contribution is 7.14. The van der Waals surface area contributed by atoms with Crippen LogP contribution in [0.25, 0.3) is 0 Å². The van der Waals surface area contributed by atoms with Gasteiger partial charge in [0, 0.05) is 12.6 Å². The molecule has 0 bridgehead atoms. The molecule has 1 aliphatic heterocycles. The molecular formula is C16H20N2S. The van der Waals surface area contributed by atoms with Crippen LogP contribution < -0.4 is 10.2 Å². The summed E-state index contributed by atoms with van der Waals surface area (Å²) in [5, 5.41) is 7.03. The summed E-state index contributed by atoms with van der Waals surface area (Å²) in [6.45, 7) is 3.30. The van der Waals surface area contributed by atoms with Crippen LogP contribution in [-0.4, -0.2) is 19.1 Å². The van der Waals surface area contributed by atoms with Crippen LogP contribution in [0.4, 0.5) is 5.00 Å². The molecule has 1 aromatic heterocycles. The summed E-state index contributed by atoms with van der Waals surface area (Å²) in [7, 11) is 0. The van der Waals surface area contributed by atoms with E-state index in [4.69, 9.17) is 0 Å². The maximum atomic E-state index is 3.46. The van der Waals surface area contributed by atoms with Gasteiger partial charge in [-0.25, -0.2) is 0 Å². The SMILES string of the molecule is c1ccc(CN(c2cccs2)C2CCNCC2)cc1. The van der Waals surface area contributed by atoms with E-state index in [9.17, 15) is 0 Å². The lowest BCUT2D eigenvalue weighted by atomic mass is 10.0. The monoisotopic (exact) mass is 272 g/mol. The Morgan fingerprint density at radius 3 is 2.53 bits per heavy atom. The summed E-state index contributed by atoms with van der Waals surface area (Å²) in [5.74, 6) is 0. The van der Waals surface area contributed by atoms with Gasteiger partial charge in [-0.2, -0.15) is 0 Å². The normalized spacial score (nSPS) is 16.4. The molecule has 2 heterocycles. The smallest absolute Gasteiger partial charge is 0.0913 e. The van der Waals surface area contributed by atoms with E-state index in [2.05, 4.69) is 58.1 Å². The highest BCUT2D eigenvalue weighted by atomic mass is 32.1. The Morgan fingerprint density at radius 2 is 1.84 bits per heavy atom. The summed E-state index contributed by atoms with van der Waals surface area (Å²) < 4.78 is 0. The molecule has 2 aromatic rings. The third-order valence-corrected chi connectivity index (χ3v) is 4.64. The zero-order valence-electron chi connectivity index (χ0n) is 11.1. The average molecular weight is 272 g/mol. The van der Waals surface area contributed by atoms with E-state index in [0.717, 1.165) is 19.6 Å². The van der Waals surface area contributed by atoms with Crippen LogP contribution in [0.1, 0.15) is 18.4 Å². The zero-order valence-corrected chi connectivity index (χ0v) is 11.9. The summed E-state index contributed by atoms with van der Waals surface area (Å²) >= 11 is 1.85. The topological polar surface area (TPSA) is 15.3 Å². The third kappa shape index (κ3) is 3.17. The molecule has 0 radical (unpaired) electrons. The highest BCUT2D eigenvalue weighted by Crippen LogP contribution is 2.28. The molecule has 0 aliphatic carbocycles. The Labute approximate surface area is 119 Å². The first kappa shape index (κ1) is 12.7. The molecule has 0 atom stereocenters. The molecule has 1 aliphatic rings. The molecule has 1 saturated heterocycles. The van der Waals surface area contributed by atoms with Gasteiger partial charge in [-0.1, -0.05) is 30.3 Å². The molecule has 3 rings (SSSR count). The summed E-state index contributed by atoms with van der Waals surface area (Å²) in [4.78, 5) is 2.58. The number of anilines is 1. The van der Waals surface area contributed by atoms with Crippen molar-refractivity contribution in [3.05, 3.63) is 53.4 Å². The van der Waals surface area contributed by atoms with Gasteiger partial charge < -0.3 is 10.2 Å². The minimum atomic E-state index is 0.667. The molecule has 100 valence electrons. The van der Waals surface area contributed by atoms with E-state index in [1.54, 1.807) is 0 Å². The number of thiophene rings is 1. The van der Waals surface area contributed by atoms with E-state index in [1.807, 2.05) is 11.3 Å². The molecule has 3 heteroatoms. The van der Waals surface area contributed by atoms with Gasteiger partial charge in [-0.3, -0.25) is 0 Å². The predicted molar refractivity (Wildman–Crippen MR) is 82.8 cm³/mol. The maximum absolute atomic E-state index is 3.46. The Balaban J connectivity index is 1.80. The Morgan fingerprint density at radius 1 is 1.05 bits per heavy atom. The van der Waals surface area contributed by atoms with E-state index in [0.29, 0.717) is 6.04 Å². The van der Waals surface area contributed by atoms with Crippen molar-refractivity contribution in [3.63, 3.8) is 0 Å². The van der Waals surface area contributed by atoms with Gasteiger partial charge in [-0.15, -0.1) is 11.3 Å². The summed E-state index contributed by atoms with van der Waals surface area (Å²) in [6, 6.07) is 15.9. The number of piperidine rings is 1. The highest BCUT2D eigenvalue weighted by Gasteiger charge is 2.21. The molecular weight excluding hydrogens is 252 g/mol. The fourth-order valence-corrected chi connectivity index (χ4v) is 3.52. The molecule has 0 amide bonds. The minimum absolute atomic E-state index is 0.667. The summed E-state index contributed by atoms with van der Waals surface area (Å²) in [6.07, 6.45) is 2.48. The van der Waals surface area contributed by atoms with Crippen LogP contribution in [0.5, 0.6) is 0 Å². The van der Waals surface area contributed by atoms with Crippen molar-refractivity contribution < 1.29 is 0 Å². The van der Waals surface area contributed by atoms with Crippen LogP contribution >= 0.6 is 11.3 Å². The van der Waals surface area contributed by atoms with Crippen molar-refractivity contribution in [2.75, 3.05) is 18.0 Å². The first-order valence-electron chi connectivity index (χ1n) is 6.98. The molecule has 1 fully saturated rings. The largest absolute Gasteiger partial charge is 0.356 e. The number of benzene rings is 1. The first-order valence-corrected chi connectivity index (χ1v) is 7.86. The fourth-order valence-electron chi connectivity index (χ4n) is 2.72. The minimum Gasteiger partial charge on any atom is -0.356 e. The number of nitrogens with one attached hydrogen (secondary N) is 1. The van der Waals surface area contributed by atoms with Crippen LogP contribution in [0.3, 0.4) is 0 Å². The molecule has 1 N–H and O–H groups in total. The second kappa shape index (κ2) is 6.22. The molecule has 19 heavy (non-hydrogen) atoms. The van der Waals surface area contributed by atoms with Crippen LogP contribution in [-0.2, 0) is 6.54 Å². The molecule has 2 nitrogen and oxygen atoms in total. The van der Waals surface area contributed by atoms with Crippen molar-refractivity contribution >= 4 is 16.3 Å². The lowest BCUT2D eigenvalue weighted by Gasteiger charge is -2.35. The molecule has 1 aromatic carbocycles. The van der Waals surface area contributed by atoms with Gasteiger partial charge >= 0.3 is 0 Å². The fraction of sp³-hybridized carbons (Fsp3) is 0.375. The van der Waals surface area contributed by atoms with Crippen molar-refractivity contribution in [3.8, 4) is 0 Å². The van der Waals surface area contributed by atoms with E-state index < -0.39 is 0 Å². The zero-order chi connectivity index (χ0) is 12.9. The number of hydrogen-bond donors (Lipinski definition) is 1. The second-order valence-electron chi connectivity index (χ2n) is 5.05. The first-order chi connectivity index (χ1) is 9.43. The second-order valence-corrected chi connectivity index (χ2v) is 5.97. The lowest BCUT2D eigenvalue weighted by Crippen LogP contribution is -2.42. The van der Waals surface area contributed by atoms with Gasteiger partial charge in [0.25, 0.3) is 0 Å². The van der Waals surface area contributed by atoms with Gasteiger partial charge in [-0.05, 0) is 49.0 Å². The Kier molecular flexibility index (Phi) is 4.16. The van der Waals surface area contributed by atoms with Crippen LogP contribution in [0.2, 0.25) is 0 Å². The van der Waals surface area contributed by atoms with Crippen molar-refractivity contribution in [2.24, 2.45) is 0 Å². The van der Waals surface area contributed by atoms with Crippen LogP contribution in [0, 0.1) is 0 Å². The third-order valence-electron chi connectivity index (χ3n) is 3.73. The molecule has 0 spiro atoms. The molecule has 0 unspecified atom stereocenters. The number of rotatable bonds is 4. The maximum Gasteiger partial charge on any atom is 0.0913 e. The van der Waals surface area contributed by atoms with Gasteiger partial charge in [0.2, 0.25) is 0 Å². The standard InChI is InChI=1S/C16H20N2S/c1-2-5-14(6-3-1)13-18(16-7-4-12-19-16)15-8-10-17-11-9-15/h1-7,12,15,17H,8-11,13H2. The molecule has 0 saturated carbocycles. The Bertz CT molecular complexity index is 475. The van der Waals surface area contributed by atoms with Crippen molar-refractivity contribution in [1.29, 1.82) is 0 Å². The predicted octanol–water partition coefficient (Wildman–Crippen LogP) is 3.51. The van der Waals surface area contributed by atoms with Gasteiger partial charge in [0.1, 0.15) is 0 Å². The average Bonchev–Trinajstić information content (AvgIpc) is 3.01. The van der Waals surface area contributed by atoms with Gasteiger partial charge in [0.15, 0.2) is 0 Å². The van der Waals surface area contributed by atoms with E-state index >= 15 is 0 Å². The van der Waals surface area contributed by atoms with Gasteiger partial charge in [0.05, 0.1) is 5.00 Å². The summed E-state index contributed by atoms with van der Waals surface area (Å²) in [5.41, 5.74) is 1.40. The number of nitrogens with zero attached hydrogens (tertiary/aromatic N) is 1. The van der Waals surface area contributed by atoms with Crippen LogP contribution in [0.15, 0.2) is 47.8 Å². The Hall–Kier alpha value is -1.32. The van der Waals surface area contributed by atoms with Crippen molar-refractivity contribution in [1.82, 2.24) is 5.32 Å². The quantitative estimate of drug-likeness (QED) is 0.916. The van der Waals surface area contributed by atoms with E-state index in [1.165, 1.54) is 23.4 Å². The van der Waals surface area contributed by atoms with Crippen molar-refractivity contribution in [2.45, 2.75) is 25.4 Å². The van der Waals surface area contributed by atoms with E-state index in [-0.39, 0.29) is 0 Å².